The standard InChI is InChI=1S/C19H18FN3/c20-14-7-5-13(6-8-14)15-9-11-22-17-4-2-1-3-16(17)18-21-10-12-23(18)19(15)22/h1-8,15,19H,9-12H2. The third kappa shape index (κ3) is 1.84. The highest BCUT2D eigenvalue weighted by atomic mass is 19.1. The van der Waals surface area contributed by atoms with E-state index in [-0.39, 0.29) is 5.82 Å². The van der Waals surface area contributed by atoms with E-state index in [0.29, 0.717) is 12.1 Å². The van der Waals surface area contributed by atoms with Crippen molar-refractivity contribution in [1.82, 2.24) is 4.90 Å². The van der Waals surface area contributed by atoms with Gasteiger partial charge in [0.2, 0.25) is 0 Å². The smallest absolute Gasteiger partial charge is 0.134 e. The number of fused-ring (bicyclic) bond motifs is 6. The molecule has 3 heterocycles. The van der Waals surface area contributed by atoms with Crippen molar-refractivity contribution in [2.24, 2.45) is 4.99 Å². The highest BCUT2D eigenvalue weighted by Gasteiger charge is 2.45. The molecule has 2 aromatic carbocycles. The van der Waals surface area contributed by atoms with Gasteiger partial charge < -0.3 is 9.80 Å². The molecule has 1 saturated heterocycles. The third-order valence-electron chi connectivity index (χ3n) is 5.31. The molecule has 23 heavy (non-hydrogen) atoms. The van der Waals surface area contributed by atoms with Crippen molar-refractivity contribution in [2.75, 3.05) is 24.5 Å². The molecular formula is C19H18FN3. The first-order valence-electron chi connectivity index (χ1n) is 8.25. The highest BCUT2D eigenvalue weighted by molar-refractivity contribution is 6.06. The van der Waals surface area contributed by atoms with Gasteiger partial charge in [0.05, 0.1) is 6.54 Å². The van der Waals surface area contributed by atoms with Crippen LogP contribution in [0.15, 0.2) is 53.5 Å². The first kappa shape index (κ1) is 13.1. The van der Waals surface area contributed by atoms with Gasteiger partial charge in [0, 0.05) is 30.3 Å². The lowest BCUT2D eigenvalue weighted by molar-refractivity contribution is 0.310. The fourth-order valence-electron chi connectivity index (χ4n) is 4.34. The van der Waals surface area contributed by atoms with E-state index >= 15 is 0 Å². The van der Waals surface area contributed by atoms with E-state index < -0.39 is 0 Å². The Hall–Kier alpha value is -2.36. The highest BCUT2D eigenvalue weighted by Crippen LogP contribution is 2.44. The number of benzene rings is 2. The Bertz CT molecular complexity index is 783. The maximum atomic E-state index is 13.3. The fourth-order valence-corrected chi connectivity index (χ4v) is 4.34. The topological polar surface area (TPSA) is 18.8 Å². The van der Waals surface area contributed by atoms with E-state index in [9.17, 15) is 4.39 Å². The number of hydrogen-bond acceptors (Lipinski definition) is 3. The Labute approximate surface area is 135 Å². The number of halogens is 1. The average Bonchev–Trinajstić information content (AvgIpc) is 3.22. The molecule has 4 heteroatoms. The summed E-state index contributed by atoms with van der Waals surface area (Å²) in [5.41, 5.74) is 3.77. The zero-order chi connectivity index (χ0) is 15.4. The summed E-state index contributed by atoms with van der Waals surface area (Å²) in [6.07, 6.45) is 1.39. The van der Waals surface area contributed by atoms with Gasteiger partial charge in [-0.3, -0.25) is 4.99 Å². The van der Waals surface area contributed by atoms with E-state index in [2.05, 4.69) is 34.1 Å². The van der Waals surface area contributed by atoms with Crippen molar-refractivity contribution < 1.29 is 4.39 Å². The van der Waals surface area contributed by atoms with Gasteiger partial charge in [-0.1, -0.05) is 24.3 Å². The summed E-state index contributed by atoms with van der Waals surface area (Å²) < 4.78 is 13.3. The molecule has 2 aromatic rings. The molecule has 1 fully saturated rings. The van der Waals surface area contributed by atoms with Crippen LogP contribution in [0, 0.1) is 5.82 Å². The molecular weight excluding hydrogens is 289 g/mol. The predicted molar refractivity (Wildman–Crippen MR) is 89.4 cm³/mol. The van der Waals surface area contributed by atoms with Crippen LogP contribution in [0.2, 0.25) is 0 Å². The number of aliphatic imine (C=N–C) groups is 1. The van der Waals surface area contributed by atoms with Gasteiger partial charge >= 0.3 is 0 Å². The Balaban J connectivity index is 1.61. The lowest BCUT2D eigenvalue weighted by Gasteiger charge is -2.43. The minimum atomic E-state index is -0.166. The lowest BCUT2D eigenvalue weighted by Crippen LogP contribution is -2.53. The molecule has 0 spiro atoms. The average molecular weight is 307 g/mol. The molecule has 0 amide bonds. The predicted octanol–water partition coefficient (Wildman–Crippen LogP) is 3.22. The Morgan fingerprint density at radius 3 is 2.65 bits per heavy atom. The molecule has 3 aliphatic rings. The van der Waals surface area contributed by atoms with Crippen LogP contribution in [0.4, 0.5) is 10.1 Å². The van der Waals surface area contributed by atoms with Crippen LogP contribution in [0.25, 0.3) is 0 Å². The molecule has 0 N–H and O–H groups in total. The first-order chi connectivity index (χ1) is 11.3. The van der Waals surface area contributed by atoms with E-state index in [1.807, 2.05) is 12.1 Å². The van der Waals surface area contributed by atoms with Gasteiger partial charge in [-0.2, -0.15) is 0 Å². The normalized spacial score (nSPS) is 25.0. The monoisotopic (exact) mass is 307 g/mol. The molecule has 2 atom stereocenters. The van der Waals surface area contributed by atoms with Crippen LogP contribution >= 0.6 is 0 Å². The molecule has 3 aliphatic heterocycles. The maximum Gasteiger partial charge on any atom is 0.134 e. The van der Waals surface area contributed by atoms with Crippen LogP contribution in [-0.2, 0) is 0 Å². The Kier molecular flexibility index (Phi) is 2.75. The summed E-state index contributed by atoms with van der Waals surface area (Å²) in [4.78, 5) is 9.71. The second-order valence-corrected chi connectivity index (χ2v) is 6.47. The van der Waals surface area contributed by atoms with E-state index in [1.54, 1.807) is 12.1 Å². The number of para-hydroxylation sites is 1. The van der Waals surface area contributed by atoms with Crippen LogP contribution in [-0.4, -0.2) is 36.5 Å². The first-order valence-corrected chi connectivity index (χ1v) is 8.25. The molecule has 0 radical (unpaired) electrons. The zero-order valence-electron chi connectivity index (χ0n) is 12.8. The van der Waals surface area contributed by atoms with Crippen molar-refractivity contribution in [3.8, 4) is 0 Å². The number of amidine groups is 1. The Morgan fingerprint density at radius 2 is 1.78 bits per heavy atom. The van der Waals surface area contributed by atoms with Gasteiger partial charge in [-0.15, -0.1) is 0 Å². The molecule has 0 bridgehead atoms. The van der Waals surface area contributed by atoms with E-state index in [0.717, 1.165) is 31.9 Å². The van der Waals surface area contributed by atoms with Gasteiger partial charge in [-0.25, -0.2) is 4.39 Å². The minimum Gasteiger partial charge on any atom is -0.350 e. The van der Waals surface area contributed by atoms with Crippen molar-refractivity contribution >= 4 is 11.5 Å². The molecule has 5 rings (SSSR count). The third-order valence-corrected chi connectivity index (χ3v) is 5.31. The maximum absolute atomic E-state index is 13.3. The summed E-state index contributed by atoms with van der Waals surface area (Å²) in [5, 5.41) is 0. The molecule has 116 valence electrons. The number of hydrogen-bond donors (Lipinski definition) is 0. The second-order valence-electron chi connectivity index (χ2n) is 6.47. The van der Waals surface area contributed by atoms with Crippen molar-refractivity contribution in [2.45, 2.75) is 18.5 Å². The number of anilines is 1. The Morgan fingerprint density at radius 1 is 0.957 bits per heavy atom. The molecule has 2 unspecified atom stereocenters. The van der Waals surface area contributed by atoms with E-state index in [1.165, 1.54) is 16.8 Å². The van der Waals surface area contributed by atoms with Crippen molar-refractivity contribution in [1.29, 1.82) is 0 Å². The summed E-state index contributed by atoms with van der Waals surface area (Å²) in [6.45, 7) is 2.88. The summed E-state index contributed by atoms with van der Waals surface area (Å²) >= 11 is 0. The summed E-state index contributed by atoms with van der Waals surface area (Å²) in [5.74, 6) is 1.36. The quantitative estimate of drug-likeness (QED) is 0.805. The van der Waals surface area contributed by atoms with Gasteiger partial charge in [0.15, 0.2) is 0 Å². The van der Waals surface area contributed by atoms with Gasteiger partial charge in [0.25, 0.3) is 0 Å². The zero-order valence-corrected chi connectivity index (χ0v) is 12.8. The van der Waals surface area contributed by atoms with Crippen LogP contribution in [0.3, 0.4) is 0 Å². The largest absolute Gasteiger partial charge is 0.350 e. The molecule has 0 aromatic heterocycles. The lowest BCUT2D eigenvalue weighted by atomic mass is 9.93. The van der Waals surface area contributed by atoms with Crippen LogP contribution in [0.5, 0.6) is 0 Å². The van der Waals surface area contributed by atoms with Crippen molar-refractivity contribution in [3.63, 3.8) is 0 Å². The minimum absolute atomic E-state index is 0.166. The van der Waals surface area contributed by atoms with Gasteiger partial charge in [-0.05, 0) is 36.2 Å². The molecule has 0 aliphatic carbocycles. The fraction of sp³-hybridized carbons (Fsp3) is 0.316. The van der Waals surface area contributed by atoms with Crippen LogP contribution in [0.1, 0.15) is 23.5 Å². The SMILES string of the molecule is Fc1ccc(C2CCN3c4ccccc4C4=NCCN4C23)cc1. The summed E-state index contributed by atoms with van der Waals surface area (Å²) in [6, 6.07) is 15.6. The van der Waals surface area contributed by atoms with Crippen molar-refractivity contribution in [3.05, 3.63) is 65.5 Å². The van der Waals surface area contributed by atoms with Gasteiger partial charge in [0.1, 0.15) is 17.8 Å². The number of nitrogens with zero attached hydrogens (tertiary/aromatic N) is 3. The van der Waals surface area contributed by atoms with Crippen LogP contribution < -0.4 is 4.90 Å². The molecule has 0 saturated carbocycles. The summed E-state index contributed by atoms with van der Waals surface area (Å²) in [7, 11) is 0. The molecule has 3 nitrogen and oxygen atoms in total. The number of rotatable bonds is 1. The van der Waals surface area contributed by atoms with E-state index in [4.69, 9.17) is 4.99 Å². The second kappa shape index (κ2) is 4.82.